The summed E-state index contributed by atoms with van der Waals surface area (Å²) in [5.41, 5.74) is 2.10. The van der Waals surface area contributed by atoms with Crippen LogP contribution in [0.15, 0.2) is 49.8 Å². The van der Waals surface area contributed by atoms with Gasteiger partial charge in [-0.1, -0.05) is 12.2 Å². The summed E-state index contributed by atoms with van der Waals surface area (Å²) in [4.78, 5) is 0. The standard InChI is InChI=1S/C14H19N5/c1-3-5-11(13-7-9-15-18-13)17-12(6-4-2)14-8-10-16-19-14/h3-4,7-12,17H,1-2,5-6H2,(H,15,18)(H,16,19). The lowest BCUT2D eigenvalue weighted by molar-refractivity contribution is 0.433. The molecule has 0 bridgehead atoms. The van der Waals surface area contributed by atoms with E-state index in [0.717, 1.165) is 24.2 Å². The van der Waals surface area contributed by atoms with Crippen molar-refractivity contribution in [3.05, 3.63) is 61.2 Å². The molecule has 2 heterocycles. The SMILES string of the molecule is C=CCC(NC(CC=C)c1ccn[nH]1)c1ccn[nH]1. The van der Waals surface area contributed by atoms with E-state index in [1.165, 1.54) is 0 Å². The van der Waals surface area contributed by atoms with Crippen LogP contribution in [0.1, 0.15) is 36.3 Å². The van der Waals surface area contributed by atoms with E-state index in [1.54, 1.807) is 12.4 Å². The average Bonchev–Trinajstić information content (AvgIpc) is 3.10. The molecule has 0 fully saturated rings. The largest absolute Gasteiger partial charge is 0.300 e. The Morgan fingerprint density at radius 2 is 1.47 bits per heavy atom. The number of aromatic amines is 2. The van der Waals surface area contributed by atoms with Crippen LogP contribution < -0.4 is 5.32 Å². The van der Waals surface area contributed by atoms with Gasteiger partial charge in [-0.05, 0) is 25.0 Å². The van der Waals surface area contributed by atoms with Gasteiger partial charge >= 0.3 is 0 Å². The maximum Gasteiger partial charge on any atom is 0.0529 e. The van der Waals surface area contributed by atoms with Gasteiger partial charge in [0.2, 0.25) is 0 Å². The van der Waals surface area contributed by atoms with Crippen LogP contribution >= 0.6 is 0 Å². The zero-order chi connectivity index (χ0) is 13.5. The van der Waals surface area contributed by atoms with Crippen LogP contribution in [-0.4, -0.2) is 20.4 Å². The van der Waals surface area contributed by atoms with Crippen LogP contribution in [-0.2, 0) is 0 Å². The predicted molar refractivity (Wildman–Crippen MR) is 75.4 cm³/mol. The summed E-state index contributed by atoms with van der Waals surface area (Å²) in [5.74, 6) is 0. The summed E-state index contributed by atoms with van der Waals surface area (Å²) >= 11 is 0. The molecule has 3 N–H and O–H groups in total. The van der Waals surface area contributed by atoms with Crippen molar-refractivity contribution in [3.63, 3.8) is 0 Å². The zero-order valence-electron chi connectivity index (χ0n) is 10.8. The third kappa shape index (κ3) is 3.42. The van der Waals surface area contributed by atoms with Gasteiger partial charge in [0.15, 0.2) is 0 Å². The zero-order valence-corrected chi connectivity index (χ0v) is 10.8. The van der Waals surface area contributed by atoms with Crippen molar-refractivity contribution in [2.24, 2.45) is 0 Å². The maximum absolute atomic E-state index is 4.00. The normalized spacial score (nSPS) is 13.9. The topological polar surface area (TPSA) is 69.4 Å². The molecular formula is C14H19N5. The van der Waals surface area contributed by atoms with Crippen LogP contribution in [0.25, 0.3) is 0 Å². The van der Waals surface area contributed by atoms with Gasteiger partial charge < -0.3 is 0 Å². The third-order valence-corrected chi connectivity index (χ3v) is 3.00. The first-order valence-corrected chi connectivity index (χ1v) is 6.31. The van der Waals surface area contributed by atoms with Crippen molar-refractivity contribution in [2.45, 2.75) is 24.9 Å². The Morgan fingerprint density at radius 1 is 1.00 bits per heavy atom. The fraction of sp³-hybridized carbons (Fsp3) is 0.286. The van der Waals surface area contributed by atoms with Crippen LogP contribution in [0.3, 0.4) is 0 Å². The van der Waals surface area contributed by atoms with E-state index in [0.29, 0.717) is 0 Å². The summed E-state index contributed by atoms with van der Waals surface area (Å²) in [6.45, 7) is 7.62. The number of aromatic nitrogens is 4. The molecule has 2 atom stereocenters. The highest BCUT2D eigenvalue weighted by Crippen LogP contribution is 2.22. The summed E-state index contributed by atoms with van der Waals surface area (Å²) in [6, 6.07) is 4.24. The third-order valence-electron chi connectivity index (χ3n) is 3.00. The average molecular weight is 257 g/mol. The molecule has 2 rings (SSSR count). The molecular weight excluding hydrogens is 238 g/mol. The Morgan fingerprint density at radius 3 is 1.79 bits per heavy atom. The minimum Gasteiger partial charge on any atom is -0.300 e. The van der Waals surface area contributed by atoms with Crippen molar-refractivity contribution in [3.8, 4) is 0 Å². The van der Waals surface area contributed by atoms with E-state index in [1.807, 2.05) is 24.3 Å². The monoisotopic (exact) mass is 257 g/mol. The van der Waals surface area contributed by atoms with Crippen LogP contribution in [0.2, 0.25) is 0 Å². The number of rotatable bonds is 8. The maximum atomic E-state index is 4.00. The number of nitrogens with zero attached hydrogens (tertiary/aromatic N) is 2. The molecule has 0 spiro atoms. The molecule has 5 nitrogen and oxygen atoms in total. The second-order valence-electron chi connectivity index (χ2n) is 4.34. The highest BCUT2D eigenvalue weighted by Gasteiger charge is 2.18. The fourth-order valence-electron chi connectivity index (χ4n) is 2.07. The fourth-order valence-corrected chi connectivity index (χ4v) is 2.07. The Hall–Kier alpha value is -2.14. The molecule has 0 radical (unpaired) electrons. The Labute approximate surface area is 112 Å². The first kappa shape index (κ1) is 13.3. The van der Waals surface area contributed by atoms with Gasteiger partial charge in [-0.25, -0.2) is 0 Å². The molecule has 19 heavy (non-hydrogen) atoms. The summed E-state index contributed by atoms with van der Waals surface area (Å²) < 4.78 is 0. The molecule has 100 valence electrons. The Balaban J connectivity index is 2.13. The Kier molecular flexibility index (Phi) is 4.69. The van der Waals surface area contributed by atoms with E-state index in [9.17, 15) is 0 Å². The first-order valence-electron chi connectivity index (χ1n) is 6.31. The smallest absolute Gasteiger partial charge is 0.0529 e. The van der Waals surface area contributed by atoms with Crippen molar-refractivity contribution in [1.82, 2.24) is 25.7 Å². The second-order valence-corrected chi connectivity index (χ2v) is 4.34. The summed E-state index contributed by atoms with van der Waals surface area (Å²) in [7, 11) is 0. The van der Waals surface area contributed by atoms with Gasteiger partial charge in [-0.2, -0.15) is 10.2 Å². The minimum atomic E-state index is 0.147. The summed E-state index contributed by atoms with van der Waals surface area (Å²) in [5, 5.41) is 17.6. The molecule has 0 aliphatic carbocycles. The molecule has 0 saturated carbocycles. The van der Waals surface area contributed by atoms with Crippen molar-refractivity contribution in [1.29, 1.82) is 0 Å². The Bertz CT molecular complexity index is 440. The minimum absolute atomic E-state index is 0.147. The number of hydrogen-bond acceptors (Lipinski definition) is 3. The first-order chi connectivity index (χ1) is 9.35. The number of H-pyrrole nitrogens is 2. The number of hydrogen-bond donors (Lipinski definition) is 3. The molecule has 2 aromatic rings. The van der Waals surface area contributed by atoms with Crippen LogP contribution in [0, 0.1) is 0 Å². The molecule has 2 aromatic heterocycles. The molecule has 0 amide bonds. The lowest BCUT2D eigenvalue weighted by Gasteiger charge is -2.22. The molecule has 5 heteroatoms. The van der Waals surface area contributed by atoms with E-state index in [2.05, 4.69) is 38.9 Å². The molecule has 0 aliphatic heterocycles. The van der Waals surface area contributed by atoms with E-state index >= 15 is 0 Å². The van der Waals surface area contributed by atoms with Gasteiger partial charge in [0, 0.05) is 12.4 Å². The van der Waals surface area contributed by atoms with Crippen LogP contribution in [0.4, 0.5) is 0 Å². The molecule has 0 aliphatic rings. The van der Waals surface area contributed by atoms with Gasteiger partial charge in [0.05, 0.1) is 23.5 Å². The van der Waals surface area contributed by atoms with E-state index in [-0.39, 0.29) is 12.1 Å². The molecule has 0 saturated heterocycles. The lowest BCUT2D eigenvalue weighted by atomic mass is 10.1. The van der Waals surface area contributed by atoms with Crippen LogP contribution in [0.5, 0.6) is 0 Å². The van der Waals surface area contributed by atoms with Gasteiger partial charge in [0.1, 0.15) is 0 Å². The summed E-state index contributed by atoms with van der Waals surface area (Å²) in [6.07, 6.45) is 8.96. The van der Waals surface area contributed by atoms with Crippen molar-refractivity contribution < 1.29 is 0 Å². The molecule has 0 aromatic carbocycles. The van der Waals surface area contributed by atoms with Gasteiger partial charge in [-0.3, -0.25) is 15.5 Å². The van der Waals surface area contributed by atoms with E-state index in [4.69, 9.17) is 0 Å². The molecule has 2 unspecified atom stereocenters. The van der Waals surface area contributed by atoms with Gasteiger partial charge in [0.25, 0.3) is 0 Å². The number of nitrogens with one attached hydrogen (secondary N) is 3. The quantitative estimate of drug-likeness (QED) is 0.637. The van der Waals surface area contributed by atoms with E-state index < -0.39 is 0 Å². The predicted octanol–water partition coefficient (Wildman–Crippen LogP) is 2.66. The van der Waals surface area contributed by atoms with Gasteiger partial charge in [-0.15, -0.1) is 13.2 Å². The lowest BCUT2D eigenvalue weighted by Crippen LogP contribution is -2.26. The second kappa shape index (κ2) is 6.70. The highest BCUT2D eigenvalue weighted by molar-refractivity contribution is 5.11. The van der Waals surface area contributed by atoms with Crippen molar-refractivity contribution >= 4 is 0 Å². The van der Waals surface area contributed by atoms with Crippen molar-refractivity contribution in [2.75, 3.05) is 0 Å². The highest BCUT2D eigenvalue weighted by atomic mass is 15.1.